The molecule has 10 heteroatoms. The van der Waals surface area contributed by atoms with Crippen molar-refractivity contribution in [1.29, 1.82) is 0 Å². The van der Waals surface area contributed by atoms with Gasteiger partial charge >= 0.3 is 0 Å². The van der Waals surface area contributed by atoms with E-state index in [0.29, 0.717) is 47.1 Å². The molecule has 1 atom stereocenters. The lowest BCUT2D eigenvalue weighted by Gasteiger charge is -2.17. The number of anilines is 3. The Morgan fingerprint density at radius 1 is 1.34 bits per heavy atom. The number of ether oxygens (including phenoxy) is 2. The molecule has 0 spiro atoms. The molecule has 4 rings (SSSR count). The Balaban J connectivity index is 1.72. The second kappa shape index (κ2) is 9.90. The summed E-state index contributed by atoms with van der Waals surface area (Å²) in [6.07, 6.45) is 4.54. The number of benzene rings is 2. The highest BCUT2D eigenvalue weighted by Gasteiger charge is 2.20. The second-order valence-corrected chi connectivity index (χ2v) is 7.43. The predicted octanol–water partition coefficient (Wildman–Crippen LogP) is 3.82. The Kier molecular flexibility index (Phi) is 6.79. The molecule has 2 heterocycles. The summed E-state index contributed by atoms with van der Waals surface area (Å²) in [5.74, 6) is -0.0750. The fraction of sp³-hybridized carbons (Fsp3) is 0.227. The van der Waals surface area contributed by atoms with Crippen LogP contribution in [0.1, 0.15) is 6.42 Å². The molecule has 1 amide bonds. The third kappa shape index (κ3) is 5.13. The zero-order valence-electron chi connectivity index (χ0n) is 16.8. The van der Waals surface area contributed by atoms with Gasteiger partial charge < -0.3 is 25.2 Å². The molecular formula is C22H20ClFN4O4. The van der Waals surface area contributed by atoms with Crippen molar-refractivity contribution in [2.45, 2.75) is 12.5 Å². The van der Waals surface area contributed by atoms with Crippen LogP contribution in [0.25, 0.3) is 10.9 Å². The van der Waals surface area contributed by atoms with Gasteiger partial charge in [0, 0.05) is 29.6 Å². The fourth-order valence-corrected chi connectivity index (χ4v) is 3.39. The van der Waals surface area contributed by atoms with E-state index in [9.17, 15) is 9.18 Å². The zero-order chi connectivity index (χ0) is 22.5. The molecule has 166 valence electrons. The van der Waals surface area contributed by atoms with Crippen LogP contribution in [-0.4, -0.2) is 46.9 Å². The van der Waals surface area contributed by atoms with Crippen LogP contribution in [0.3, 0.4) is 0 Å². The lowest BCUT2D eigenvalue weighted by molar-refractivity contribution is -0.112. The average molecular weight is 459 g/mol. The number of hydrogen-bond acceptors (Lipinski definition) is 7. The molecule has 1 aromatic heterocycles. The van der Waals surface area contributed by atoms with Crippen LogP contribution >= 0.6 is 11.6 Å². The minimum Gasteiger partial charge on any atom is -0.486 e. The summed E-state index contributed by atoms with van der Waals surface area (Å²) >= 11 is 5.88. The van der Waals surface area contributed by atoms with E-state index in [-0.39, 0.29) is 17.7 Å². The van der Waals surface area contributed by atoms with Gasteiger partial charge in [-0.15, -0.1) is 0 Å². The molecule has 0 radical (unpaired) electrons. The van der Waals surface area contributed by atoms with Crippen LogP contribution in [0.4, 0.5) is 21.6 Å². The molecule has 32 heavy (non-hydrogen) atoms. The number of aliphatic hydroxyl groups excluding tert-OH is 1. The Morgan fingerprint density at radius 2 is 2.22 bits per heavy atom. The molecule has 0 bridgehead atoms. The van der Waals surface area contributed by atoms with Crippen molar-refractivity contribution in [1.82, 2.24) is 9.97 Å². The van der Waals surface area contributed by atoms with Crippen molar-refractivity contribution in [2.75, 3.05) is 30.5 Å². The minimum absolute atomic E-state index is 0.0218. The highest BCUT2D eigenvalue weighted by molar-refractivity contribution is 6.31. The minimum atomic E-state index is -0.525. The van der Waals surface area contributed by atoms with Gasteiger partial charge in [-0.25, -0.2) is 14.4 Å². The SMILES string of the molecule is O=C(C=CCO)Nc1cc2c(Nc3ccc(F)c(Cl)c3)ncnc2cc1O[C@H]1CCOC1. The Bertz CT molecular complexity index is 1170. The van der Waals surface area contributed by atoms with Gasteiger partial charge in [0.05, 0.1) is 36.0 Å². The standard InChI is InChI=1S/C22H20ClFN4O4/c23-16-8-13(3-4-17(16)24)27-22-15-9-19(28-21(30)2-1-6-29)20(10-18(15)25-12-26-22)32-14-5-7-31-11-14/h1-4,8-10,12,14,29H,5-7,11H2,(H,28,30)(H,25,26,27)/t14-/m0/s1. The van der Waals surface area contributed by atoms with Crippen LogP contribution in [0.5, 0.6) is 5.75 Å². The van der Waals surface area contributed by atoms with E-state index in [4.69, 9.17) is 26.2 Å². The number of amides is 1. The molecule has 8 nitrogen and oxygen atoms in total. The van der Waals surface area contributed by atoms with Crippen LogP contribution in [0.2, 0.25) is 5.02 Å². The van der Waals surface area contributed by atoms with Gasteiger partial charge in [0.25, 0.3) is 0 Å². The lowest BCUT2D eigenvalue weighted by atomic mass is 10.1. The van der Waals surface area contributed by atoms with Crippen molar-refractivity contribution in [3.63, 3.8) is 0 Å². The maximum atomic E-state index is 13.5. The van der Waals surface area contributed by atoms with E-state index in [1.165, 1.54) is 36.7 Å². The van der Waals surface area contributed by atoms with Crippen molar-refractivity contribution in [3.8, 4) is 5.75 Å². The first-order chi connectivity index (χ1) is 15.5. The summed E-state index contributed by atoms with van der Waals surface area (Å²) in [6.45, 7) is 0.809. The Labute approximate surface area is 188 Å². The maximum absolute atomic E-state index is 13.5. The third-order valence-corrected chi connectivity index (χ3v) is 5.02. The summed E-state index contributed by atoms with van der Waals surface area (Å²) < 4.78 is 24.9. The van der Waals surface area contributed by atoms with Gasteiger partial charge in [-0.05, 0) is 24.3 Å². The van der Waals surface area contributed by atoms with Gasteiger partial charge in [-0.3, -0.25) is 4.79 Å². The van der Waals surface area contributed by atoms with Crippen LogP contribution in [0, 0.1) is 5.82 Å². The number of hydrogen-bond donors (Lipinski definition) is 3. The second-order valence-electron chi connectivity index (χ2n) is 7.02. The normalized spacial score (nSPS) is 15.9. The molecule has 1 aliphatic heterocycles. The lowest BCUT2D eigenvalue weighted by Crippen LogP contribution is -2.18. The quantitative estimate of drug-likeness (QED) is 0.462. The van der Waals surface area contributed by atoms with Gasteiger partial charge in [-0.1, -0.05) is 17.7 Å². The largest absolute Gasteiger partial charge is 0.486 e. The molecule has 1 aliphatic rings. The summed E-state index contributed by atoms with van der Waals surface area (Å²) in [5.41, 5.74) is 1.52. The number of aromatic nitrogens is 2. The first-order valence-corrected chi connectivity index (χ1v) is 10.2. The number of fused-ring (bicyclic) bond motifs is 1. The molecule has 3 aromatic rings. The van der Waals surface area contributed by atoms with E-state index in [2.05, 4.69) is 20.6 Å². The number of carbonyl (C=O) groups excluding carboxylic acids is 1. The highest BCUT2D eigenvalue weighted by atomic mass is 35.5. The zero-order valence-corrected chi connectivity index (χ0v) is 17.6. The molecule has 0 unspecified atom stereocenters. The molecule has 1 fully saturated rings. The average Bonchev–Trinajstić information content (AvgIpc) is 3.29. The number of aliphatic hydroxyl groups is 1. The summed E-state index contributed by atoms with van der Waals surface area (Å²) in [6, 6.07) is 7.64. The Hall–Kier alpha value is -3.27. The molecular weight excluding hydrogens is 439 g/mol. The van der Waals surface area contributed by atoms with Gasteiger partial charge in [0.15, 0.2) is 0 Å². The topological polar surface area (TPSA) is 106 Å². The van der Waals surface area contributed by atoms with E-state index in [1.54, 1.807) is 12.1 Å². The van der Waals surface area contributed by atoms with Crippen molar-refractivity contribution in [2.24, 2.45) is 0 Å². The molecule has 0 aliphatic carbocycles. The van der Waals surface area contributed by atoms with E-state index in [0.717, 1.165) is 6.42 Å². The maximum Gasteiger partial charge on any atom is 0.248 e. The molecule has 1 saturated heterocycles. The number of carbonyl (C=O) groups is 1. The number of rotatable bonds is 7. The summed E-state index contributed by atoms with van der Waals surface area (Å²) in [4.78, 5) is 20.8. The highest BCUT2D eigenvalue weighted by Crippen LogP contribution is 2.35. The monoisotopic (exact) mass is 458 g/mol. The Morgan fingerprint density at radius 3 is 2.97 bits per heavy atom. The first kappa shape index (κ1) is 21.9. The van der Waals surface area contributed by atoms with E-state index < -0.39 is 11.7 Å². The molecule has 2 aromatic carbocycles. The predicted molar refractivity (Wildman–Crippen MR) is 119 cm³/mol. The summed E-state index contributed by atoms with van der Waals surface area (Å²) in [7, 11) is 0. The smallest absolute Gasteiger partial charge is 0.248 e. The van der Waals surface area contributed by atoms with Gasteiger partial charge in [0.1, 0.15) is 29.8 Å². The van der Waals surface area contributed by atoms with Crippen LogP contribution in [0.15, 0.2) is 48.8 Å². The third-order valence-electron chi connectivity index (χ3n) is 4.73. The first-order valence-electron chi connectivity index (χ1n) is 9.87. The number of nitrogens with one attached hydrogen (secondary N) is 2. The van der Waals surface area contributed by atoms with Crippen molar-refractivity contribution < 1.29 is 23.8 Å². The van der Waals surface area contributed by atoms with E-state index >= 15 is 0 Å². The number of nitrogens with zero attached hydrogens (tertiary/aromatic N) is 2. The molecule has 3 N–H and O–H groups in total. The van der Waals surface area contributed by atoms with Crippen LogP contribution < -0.4 is 15.4 Å². The molecule has 0 saturated carbocycles. The number of halogens is 2. The van der Waals surface area contributed by atoms with Crippen molar-refractivity contribution >= 4 is 45.6 Å². The fourth-order valence-electron chi connectivity index (χ4n) is 3.21. The van der Waals surface area contributed by atoms with Gasteiger partial charge in [0.2, 0.25) is 5.91 Å². The summed E-state index contributed by atoms with van der Waals surface area (Å²) in [5, 5.41) is 15.4. The van der Waals surface area contributed by atoms with E-state index in [1.807, 2.05) is 0 Å². The van der Waals surface area contributed by atoms with Crippen LogP contribution in [-0.2, 0) is 9.53 Å². The van der Waals surface area contributed by atoms with Crippen molar-refractivity contribution in [3.05, 3.63) is 59.7 Å². The van der Waals surface area contributed by atoms with Gasteiger partial charge in [-0.2, -0.15) is 0 Å².